The Balaban J connectivity index is 0.00000112. The molecule has 0 bridgehead atoms. The molecule has 0 unspecified atom stereocenters. The van der Waals surface area contributed by atoms with Gasteiger partial charge >= 0.3 is 0 Å². The molecule has 1 nitrogen and oxygen atoms in total. The Morgan fingerprint density at radius 3 is 2.73 bits per heavy atom. The van der Waals surface area contributed by atoms with Crippen LogP contribution in [0.4, 0.5) is 4.39 Å². The van der Waals surface area contributed by atoms with Crippen LogP contribution in [0, 0.1) is 5.82 Å². The summed E-state index contributed by atoms with van der Waals surface area (Å²) in [6.07, 6.45) is 3.51. The van der Waals surface area contributed by atoms with E-state index < -0.39 is 0 Å². The van der Waals surface area contributed by atoms with Crippen molar-refractivity contribution in [2.24, 2.45) is 0 Å². The zero-order chi connectivity index (χ0) is 9.97. The molecule has 1 aliphatic rings. The first-order chi connectivity index (χ1) is 6.77. The summed E-state index contributed by atoms with van der Waals surface area (Å²) in [5.41, 5.74) is 1.01. The highest BCUT2D eigenvalue weighted by atomic mass is 35.5. The summed E-state index contributed by atoms with van der Waals surface area (Å²) in [7, 11) is 0. The van der Waals surface area contributed by atoms with Crippen LogP contribution in [-0.2, 0) is 0 Å². The van der Waals surface area contributed by atoms with E-state index in [0.29, 0.717) is 6.04 Å². The summed E-state index contributed by atoms with van der Waals surface area (Å²) in [4.78, 5) is 0. The van der Waals surface area contributed by atoms with Crippen LogP contribution in [0.3, 0.4) is 0 Å². The third-order valence-corrected chi connectivity index (χ3v) is 2.96. The second kappa shape index (κ2) is 5.69. The van der Waals surface area contributed by atoms with Crippen LogP contribution in [-0.4, -0.2) is 6.54 Å². The van der Waals surface area contributed by atoms with Crippen LogP contribution >= 0.6 is 24.0 Å². The van der Waals surface area contributed by atoms with Crippen LogP contribution in [0.1, 0.15) is 30.9 Å². The van der Waals surface area contributed by atoms with E-state index in [1.165, 1.54) is 18.9 Å². The Morgan fingerprint density at radius 2 is 2.13 bits per heavy atom. The van der Waals surface area contributed by atoms with Crippen molar-refractivity contribution < 1.29 is 4.39 Å². The van der Waals surface area contributed by atoms with Gasteiger partial charge in [0.05, 0.1) is 5.02 Å². The van der Waals surface area contributed by atoms with Crippen molar-refractivity contribution in [3.05, 3.63) is 34.6 Å². The predicted octanol–water partition coefficient (Wildman–Crippen LogP) is 3.72. The monoisotopic (exact) mass is 249 g/mol. The SMILES string of the molecule is Cl.Fc1cc([C@H]2CCCCN2)ccc1Cl. The largest absolute Gasteiger partial charge is 0.310 e. The van der Waals surface area contributed by atoms with Gasteiger partial charge in [0.1, 0.15) is 5.82 Å². The highest BCUT2D eigenvalue weighted by Crippen LogP contribution is 2.25. The fourth-order valence-corrected chi connectivity index (χ4v) is 1.98. The zero-order valence-electron chi connectivity index (χ0n) is 8.30. The molecular weight excluding hydrogens is 236 g/mol. The van der Waals surface area contributed by atoms with Crippen LogP contribution < -0.4 is 5.32 Å². The minimum atomic E-state index is -0.323. The average Bonchev–Trinajstić information content (AvgIpc) is 2.23. The van der Waals surface area contributed by atoms with Crippen molar-refractivity contribution >= 4 is 24.0 Å². The maximum Gasteiger partial charge on any atom is 0.142 e. The molecule has 1 atom stereocenters. The molecule has 1 aromatic rings. The lowest BCUT2D eigenvalue weighted by Crippen LogP contribution is -2.26. The molecule has 0 radical (unpaired) electrons. The average molecular weight is 250 g/mol. The fraction of sp³-hybridized carbons (Fsp3) is 0.455. The molecule has 0 aliphatic carbocycles. The lowest BCUT2D eigenvalue weighted by atomic mass is 9.98. The molecule has 4 heteroatoms. The molecule has 1 saturated heterocycles. The van der Waals surface area contributed by atoms with Crippen molar-refractivity contribution in [3.63, 3.8) is 0 Å². The highest BCUT2D eigenvalue weighted by Gasteiger charge is 2.15. The maximum atomic E-state index is 13.2. The van der Waals surface area contributed by atoms with Gasteiger partial charge in [-0.2, -0.15) is 0 Å². The number of hydrogen-bond acceptors (Lipinski definition) is 1. The summed E-state index contributed by atoms with van der Waals surface area (Å²) in [6.45, 7) is 1.02. The third-order valence-electron chi connectivity index (χ3n) is 2.66. The predicted molar refractivity (Wildman–Crippen MR) is 63.3 cm³/mol. The van der Waals surface area contributed by atoms with Crippen LogP contribution in [0.25, 0.3) is 0 Å². The molecule has 0 aromatic heterocycles. The molecule has 1 heterocycles. The normalized spacial score (nSPS) is 20.8. The Bertz CT molecular complexity index is 324. The summed E-state index contributed by atoms with van der Waals surface area (Å²) >= 11 is 5.62. The van der Waals surface area contributed by atoms with Gasteiger partial charge in [0, 0.05) is 6.04 Å². The quantitative estimate of drug-likeness (QED) is 0.801. The zero-order valence-corrected chi connectivity index (χ0v) is 9.87. The van der Waals surface area contributed by atoms with Gasteiger partial charge in [-0.05, 0) is 37.1 Å². The molecule has 1 N–H and O–H groups in total. The second-order valence-electron chi connectivity index (χ2n) is 3.68. The van der Waals surface area contributed by atoms with Gasteiger partial charge in [-0.3, -0.25) is 0 Å². The summed E-state index contributed by atoms with van der Waals surface area (Å²) in [5.74, 6) is -0.323. The molecule has 2 rings (SSSR count). The number of piperidine rings is 1. The second-order valence-corrected chi connectivity index (χ2v) is 4.08. The van der Waals surface area contributed by atoms with Gasteiger partial charge in [0.15, 0.2) is 0 Å². The van der Waals surface area contributed by atoms with Gasteiger partial charge in [-0.1, -0.05) is 24.1 Å². The summed E-state index contributed by atoms with van der Waals surface area (Å²) in [6, 6.07) is 5.36. The molecule has 0 amide bonds. The van der Waals surface area contributed by atoms with Crippen molar-refractivity contribution in [1.29, 1.82) is 0 Å². The van der Waals surface area contributed by atoms with Gasteiger partial charge in [0.25, 0.3) is 0 Å². The van der Waals surface area contributed by atoms with Gasteiger partial charge < -0.3 is 5.32 Å². The minimum Gasteiger partial charge on any atom is -0.310 e. The third kappa shape index (κ3) is 3.07. The number of benzene rings is 1. The van der Waals surface area contributed by atoms with E-state index in [9.17, 15) is 4.39 Å². The smallest absolute Gasteiger partial charge is 0.142 e. The van der Waals surface area contributed by atoms with E-state index in [1.807, 2.05) is 6.07 Å². The number of rotatable bonds is 1. The maximum absolute atomic E-state index is 13.2. The van der Waals surface area contributed by atoms with Crippen LogP contribution in [0.2, 0.25) is 5.02 Å². The number of hydrogen-bond donors (Lipinski definition) is 1. The molecule has 15 heavy (non-hydrogen) atoms. The molecule has 84 valence electrons. The molecule has 1 aliphatic heterocycles. The summed E-state index contributed by atoms with van der Waals surface area (Å²) in [5, 5.41) is 3.57. The molecule has 0 spiro atoms. The first-order valence-electron chi connectivity index (χ1n) is 4.96. The Hall–Kier alpha value is -0.310. The molecule has 0 saturated carbocycles. The van der Waals surface area contributed by atoms with E-state index in [0.717, 1.165) is 18.5 Å². The number of nitrogens with one attached hydrogen (secondary N) is 1. The van der Waals surface area contributed by atoms with E-state index in [2.05, 4.69) is 5.32 Å². The topological polar surface area (TPSA) is 12.0 Å². The lowest BCUT2D eigenvalue weighted by Gasteiger charge is -2.23. The Morgan fingerprint density at radius 1 is 1.33 bits per heavy atom. The van der Waals surface area contributed by atoms with Gasteiger partial charge in [0.2, 0.25) is 0 Å². The first kappa shape index (κ1) is 12.8. The summed E-state index contributed by atoms with van der Waals surface area (Å²) < 4.78 is 13.2. The molecule has 1 aromatic carbocycles. The van der Waals surface area contributed by atoms with E-state index in [1.54, 1.807) is 6.07 Å². The minimum absolute atomic E-state index is 0. The van der Waals surface area contributed by atoms with Crippen molar-refractivity contribution in [2.45, 2.75) is 25.3 Å². The van der Waals surface area contributed by atoms with Crippen LogP contribution in [0.15, 0.2) is 18.2 Å². The Kier molecular flexibility index (Phi) is 4.84. The van der Waals surface area contributed by atoms with Gasteiger partial charge in [-0.15, -0.1) is 12.4 Å². The Labute approximate surface area is 100 Å². The number of halogens is 3. The standard InChI is InChI=1S/C11H13ClFN.ClH/c12-9-5-4-8(7-10(9)13)11-3-1-2-6-14-11;/h4-5,7,11,14H,1-3,6H2;1H/t11-;/m1./s1. The van der Waals surface area contributed by atoms with Crippen molar-refractivity contribution in [3.8, 4) is 0 Å². The van der Waals surface area contributed by atoms with Crippen molar-refractivity contribution in [1.82, 2.24) is 5.32 Å². The highest BCUT2D eigenvalue weighted by molar-refractivity contribution is 6.30. The molecular formula is C11H14Cl2FN. The van der Waals surface area contributed by atoms with E-state index >= 15 is 0 Å². The molecule has 1 fully saturated rings. The lowest BCUT2D eigenvalue weighted by molar-refractivity contribution is 0.411. The van der Waals surface area contributed by atoms with Crippen molar-refractivity contribution in [2.75, 3.05) is 6.54 Å². The van der Waals surface area contributed by atoms with Gasteiger partial charge in [-0.25, -0.2) is 4.39 Å². The fourth-order valence-electron chi connectivity index (χ4n) is 1.87. The first-order valence-corrected chi connectivity index (χ1v) is 5.33. The van der Waals surface area contributed by atoms with E-state index in [-0.39, 0.29) is 23.2 Å². The van der Waals surface area contributed by atoms with Crippen LogP contribution in [0.5, 0.6) is 0 Å². The van der Waals surface area contributed by atoms with E-state index in [4.69, 9.17) is 11.6 Å².